The van der Waals surface area contributed by atoms with Gasteiger partial charge in [-0.2, -0.15) is 5.26 Å². The topological polar surface area (TPSA) is 81.9 Å². The number of aromatic nitrogens is 2. The highest BCUT2D eigenvalue weighted by Crippen LogP contribution is 2.29. The number of carbonyl (C=O) groups excluding carboxylic acids is 1. The van der Waals surface area contributed by atoms with Crippen LogP contribution in [0.2, 0.25) is 0 Å². The van der Waals surface area contributed by atoms with Crippen molar-refractivity contribution in [1.82, 2.24) is 9.97 Å². The Kier molecular flexibility index (Phi) is 5.19. The van der Waals surface area contributed by atoms with Gasteiger partial charge in [0.05, 0.1) is 5.69 Å². The Labute approximate surface area is 170 Å². The van der Waals surface area contributed by atoms with E-state index in [1.54, 1.807) is 6.20 Å². The molecule has 0 radical (unpaired) electrons. The molecule has 0 aliphatic carbocycles. The number of allylic oxidation sites excluding steroid dienone is 1. The average molecular weight is 408 g/mol. The Hall–Kier alpha value is -3.02. The van der Waals surface area contributed by atoms with E-state index in [1.165, 1.54) is 22.7 Å². The lowest BCUT2D eigenvalue weighted by molar-refractivity contribution is -0.117. The van der Waals surface area contributed by atoms with Gasteiger partial charge in [-0.25, -0.2) is 9.97 Å². The lowest BCUT2D eigenvalue weighted by Crippen LogP contribution is -2.23. The standard InChI is InChI=1S/C20H17N5OS2/c1-13-11-27-19(23-13)15(9-21)10-22-20-24-17(12-28-20)14-4-6-16(7-5-14)25-8-2-3-18(25)26/h4-7,10-12H,2-3,8H2,1H3,(H,22,24)/b15-10+. The van der Waals surface area contributed by atoms with E-state index in [9.17, 15) is 10.1 Å². The molecular weight excluding hydrogens is 390 g/mol. The highest BCUT2D eigenvalue weighted by molar-refractivity contribution is 7.14. The number of carbonyl (C=O) groups is 1. The van der Waals surface area contributed by atoms with E-state index in [2.05, 4.69) is 21.4 Å². The van der Waals surface area contributed by atoms with Gasteiger partial charge in [0.25, 0.3) is 0 Å². The van der Waals surface area contributed by atoms with Gasteiger partial charge in [0, 0.05) is 46.9 Å². The van der Waals surface area contributed by atoms with Crippen molar-refractivity contribution in [3.63, 3.8) is 0 Å². The smallest absolute Gasteiger partial charge is 0.227 e. The maximum atomic E-state index is 11.9. The van der Waals surface area contributed by atoms with E-state index in [0.29, 0.717) is 22.1 Å². The van der Waals surface area contributed by atoms with Crippen molar-refractivity contribution in [3.05, 3.63) is 51.9 Å². The zero-order valence-corrected chi connectivity index (χ0v) is 16.8. The first-order valence-corrected chi connectivity index (χ1v) is 10.6. The highest BCUT2D eigenvalue weighted by atomic mass is 32.1. The third-order valence-electron chi connectivity index (χ3n) is 4.36. The molecule has 1 N–H and O–H groups in total. The number of nitrogens with one attached hydrogen (secondary N) is 1. The van der Waals surface area contributed by atoms with Crippen molar-refractivity contribution in [2.45, 2.75) is 19.8 Å². The van der Waals surface area contributed by atoms with Crippen LogP contribution < -0.4 is 10.2 Å². The molecular formula is C20H17N5OS2. The molecule has 2 aromatic heterocycles. The van der Waals surface area contributed by atoms with Gasteiger partial charge >= 0.3 is 0 Å². The summed E-state index contributed by atoms with van der Waals surface area (Å²) in [5.41, 5.74) is 4.15. The van der Waals surface area contributed by atoms with Gasteiger partial charge in [0.15, 0.2) is 5.13 Å². The molecule has 0 saturated carbocycles. The zero-order valence-electron chi connectivity index (χ0n) is 15.2. The number of nitrogens with zero attached hydrogens (tertiary/aromatic N) is 4. The third kappa shape index (κ3) is 3.81. The lowest BCUT2D eigenvalue weighted by atomic mass is 10.1. The van der Waals surface area contributed by atoms with E-state index < -0.39 is 0 Å². The Balaban J connectivity index is 1.47. The van der Waals surface area contributed by atoms with Gasteiger partial charge in [-0.1, -0.05) is 12.1 Å². The van der Waals surface area contributed by atoms with Crippen LogP contribution in [-0.4, -0.2) is 22.4 Å². The molecule has 1 saturated heterocycles. The highest BCUT2D eigenvalue weighted by Gasteiger charge is 2.21. The van der Waals surface area contributed by atoms with Crippen molar-refractivity contribution in [3.8, 4) is 17.3 Å². The van der Waals surface area contributed by atoms with E-state index in [-0.39, 0.29) is 5.91 Å². The van der Waals surface area contributed by atoms with Crippen molar-refractivity contribution >= 4 is 45.0 Å². The van der Waals surface area contributed by atoms with Crippen LogP contribution in [0.25, 0.3) is 16.8 Å². The summed E-state index contributed by atoms with van der Waals surface area (Å²) in [6.07, 6.45) is 3.19. The Bertz CT molecular complexity index is 1070. The summed E-state index contributed by atoms with van der Waals surface area (Å²) in [4.78, 5) is 22.6. The second-order valence-corrected chi connectivity index (χ2v) is 8.06. The number of rotatable bonds is 5. The van der Waals surface area contributed by atoms with E-state index >= 15 is 0 Å². The van der Waals surface area contributed by atoms with E-state index in [1.807, 2.05) is 46.8 Å². The number of hydrogen-bond acceptors (Lipinski definition) is 7. The number of benzene rings is 1. The predicted molar refractivity (Wildman–Crippen MR) is 113 cm³/mol. The first kappa shape index (κ1) is 18.3. The molecule has 8 heteroatoms. The van der Waals surface area contributed by atoms with Gasteiger partial charge in [-0.05, 0) is 25.5 Å². The first-order chi connectivity index (χ1) is 13.6. The van der Waals surface area contributed by atoms with Crippen molar-refractivity contribution in [2.75, 3.05) is 16.8 Å². The van der Waals surface area contributed by atoms with Crippen molar-refractivity contribution in [1.29, 1.82) is 5.26 Å². The number of anilines is 2. The lowest BCUT2D eigenvalue weighted by Gasteiger charge is -2.15. The molecule has 1 aromatic carbocycles. The number of hydrogen-bond donors (Lipinski definition) is 1. The molecule has 3 heterocycles. The molecule has 6 nitrogen and oxygen atoms in total. The van der Waals surface area contributed by atoms with Crippen molar-refractivity contribution in [2.24, 2.45) is 0 Å². The van der Waals surface area contributed by atoms with Crippen LogP contribution in [0.1, 0.15) is 23.5 Å². The molecule has 3 aromatic rings. The van der Waals surface area contributed by atoms with Crippen LogP contribution in [0.15, 0.2) is 41.2 Å². The maximum absolute atomic E-state index is 11.9. The summed E-state index contributed by atoms with van der Waals surface area (Å²) >= 11 is 2.91. The second-order valence-electron chi connectivity index (χ2n) is 6.34. The molecule has 1 aliphatic rings. The van der Waals surface area contributed by atoms with Crippen molar-refractivity contribution < 1.29 is 4.79 Å². The van der Waals surface area contributed by atoms with Gasteiger partial charge in [-0.15, -0.1) is 22.7 Å². The summed E-state index contributed by atoms with van der Waals surface area (Å²) in [6.45, 7) is 2.69. The number of amides is 1. The Morgan fingerprint density at radius 3 is 2.71 bits per heavy atom. The minimum atomic E-state index is 0.184. The zero-order chi connectivity index (χ0) is 19.5. The molecule has 0 unspecified atom stereocenters. The molecule has 4 rings (SSSR count). The summed E-state index contributed by atoms with van der Waals surface area (Å²) < 4.78 is 0. The number of aryl methyl sites for hydroxylation is 1. The number of thiazole rings is 2. The van der Waals surface area contributed by atoms with Gasteiger partial charge in [-0.3, -0.25) is 4.79 Å². The minimum Gasteiger partial charge on any atom is -0.337 e. The number of nitriles is 1. The van der Waals surface area contributed by atoms with Crippen LogP contribution in [0, 0.1) is 18.3 Å². The van der Waals surface area contributed by atoms with E-state index in [4.69, 9.17) is 0 Å². The molecule has 0 spiro atoms. The molecule has 28 heavy (non-hydrogen) atoms. The van der Waals surface area contributed by atoms with Gasteiger partial charge in [0.2, 0.25) is 5.91 Å². The summed E-state index contributed by atoms with van der Waals surface area (Å²) in [6, 6.07) is 10.1. The van der Waals surface area contributed by atoms with Gasteiger partial charge in [0.1, 0.15) is 16.6 Å². The maximum Gasteiger partial charge on any atom is 0.227 e. The second kappa shape index (κ2) is 7.92. The summed E-state index contributed by atoms with van der Waals surface area (Å²) in [5.74, 6) is 0.184. The van der Waals surface area contributed by atoms with Crippen LogP contribution in [0.5, 0.6) is 0 Å². The molecule has 140 valence electrons. The largest absolute Gasteiger partial charge is 0.337 e. The van der Waals surface area contributed by atoms with Crippen LogP contribution in [0.4, 0.5) is 10.8 Å². The normalized spacial score (nSPS) is 14.4. The fraction of sp³-hybridized carbons (Fsp3) is 0.200. The van der Waals surface area contributed by atoms with Crippen LogP contribution in [0.3, 0.4) is 0 Å². The first-order valence-electron chi connectivity index (χ1n) is 8.79. The van der Waals surface area contributed by atoms with Gasteiger partial charge < -0.3 is 10.2 Å². The fourth-order valence-electron chi connectivity index (χ4n) is 2.96. The molecule has 1 aliphatic heterocycles. The monoisotopic (exact) mass is 407 g/mol. The Morgan fingerprint density at radius 2 is 2.07 bits per heavy atom. The molecule has 0 atom stereocenters. The third-order valence-corrected chi connectivity index (χ3v) is 6.13. The fourth-order valence-corrected chi connectivity index (χ4v) is 4.41. The summed E-state index contributed by atoms with van der Waals surface area (Å²) in [7, 11) is 0. The SMILES string of the molecule is Cc1csc(/C(C#N)=C/Nc2nc(-c3ccc(N4CCCC4=O)cc3)cs2)n1. The van der Waals surface area contributed by atoms with Crippen LogP contribution in [-0.2, 0) is 4.79 Å². The minimum absolute atomic E-state index is 0.184. The molecule has 1 fully saturated rings. The predicted octanol–water partition coefficient (Wildman–Crippen LogP) is 4.68. The van der Waals surface area contributed by atoms with Crippen LogP contribution >= 0.6 is 22.7 Å². The average Bonchev–Trinajstić information content (AvgIpc) is 3.44. The van der Waals surface area contributed by atoms with E-state index in [0.717, 1.165) is 35.6 Å². The quantitative estimate of drug-likeness (QED) is 0.621. The molecule has 1 amide bonds. The molecule has 0 bridgehead atoms. The Morgan fingerprint density at radius 1 is 1.25 bits per heavy atom. The summed E-state index contributed by atoms with van der Waals surface area (Å²) in [5, 5.41) is 17.7.